The number of carbonyl (C=O) groups is 1. The van der Waals surface area contributed by atoms with Crippen LogP contribution in [0.3, 0.4) is 0 Å². The first-order valence-corrected chi connectivity index (χ1v) is 8.53. The molecule has 3 nitrogen and oxygen atoms in total. The molecule has 0 saturated heterocycles. The number of amides is 1. The molecular formula is C15H16N2OS2. The van der Waals surface area contributed by atoms with Gasteiger partial charge in [0.2, 0.25) is 0 Å². The molecular weight excluding hydrogens is 288 g/mol. The van der Waals surface area contributed by atoms with Crippen molar-refractivity contribution in [1.29, 1.82) is 0 Å². The van der Waals surface area contributed by atoms with Gasteiger partial charge in [0.05, 0.1) is 4.88 Å². The third-order valence-corrected chi connectivity index (χ3v) is 5.58. The lowest BCUT2D eigenvalue weighted by Gasteiger charge is -2.08. The summed E-state index contributed by atoms with van der Waals surface area (Å²) < 4.78 is 0. The average molecular weight is 304 g/mol. The maximum absolute atomic E-state index is 12.4. The van der Waals surface area contributed by atoms with E-state index in [1.165, 1.54) is 10.4 Å². The van der Waals surface area contributed by atoms with Crippen molar-refractivity contribution in [2.45, 2.75) is 18.7 Å². The summed E-state index contributed by atoms with van der Waals surface area (Å²) in [7, 11) is 0. The standard InChI is InChI=1S/C15H16N2OS2/c16-8-10-3-1-2-4-12(10)17-15(18)14-7-11-9-19-6-5-13(11)20-14/h1-4,7H,5-6,8-9,16H2,(H,17,18). The Morgan fingerprint density at radius 2 is 2.20 bits per heavy atom. The molecule has 0 unspecified atom stereocenters. The Hall–Kier alpha value is -1.30. The quantitative estimate of drug-likeness (QED) is 0.915. The summed E-state index contributed by atoms with van der Waals surface area (Å²) in [4.78, 5) is 14.5. The van der Waals surface area contributed by atoms with E-state index in [1.807, 2.05) is 42.1 Å². The van der Waals surface area contributed by atoms with Crippen molar-refractivity contribution in [1.82, 2.24) is 0 Å². The lowest BCUT2D eigenvalue weighted by molar-refractivity contribution is 0.103. The van der Waals surface area contributed by atoms with Gasteiger partial charge in [0, 0.05) is 22.9 Å². The number of para-hydroxylation sites is 1. The molecule has 3 N–H and O–H groups in total. The number of aryl methyl sites for hydroxylation is 1. The first-order chi connectivity index (χ1) is 9.78. The Morgan fingerprint density at radius 3 is 3.00 bits per heavy atom. The Morgan fingerprint density at radius 1 is 1.35 bits per heavy atom. The second-order valence-corrected chi connectivity index (χ2v) is 6.92. The van der Waals surface area contributed by atoms with Gasteiger partial charge in [-0.2, -0.15) is 11.8 Å². The van der Waals surface area contributed by atoms with Gasteiger partial charge in [0.1, 0.15) is 0 Å². The molecule has 1 aliphatic heterocycles. The predicted molar refractivity (Wildman–Crippen MR) is 86.5 cm³/mol. The molecule has 0 saturated carbocycles. The SMILES string of the molecule is NCc1ccccc1NC(=O)c1cc2c(s1)CCSC2. The molecule has 0 spiro atoms. The van der Waals surface area contributed by atoms with Gasteiger partial charge < -0.3 is 11.1 Å². The Balaban J connectivity index is 1.81. The van der Waals surface area contributed by atoms with Gasteiger partial charge >= 0.3 is 0 Å². The number of benzene rings is 1. The highest BCUT2D eigenvalue weighted by atomic mass is 32.2. The Kier molecular flexibility index (Phi) is 4.10. The largest absolute Gasteiger partial charge is 0.326 e. The first-order valence-electron chi connectivity index (χ1n) is 6.56. The van der Waals surface area contributed by atoms with Crippen LogP contribution in [0, 0.1) is 0 Å². The highest BCUT2D eigenvalue weighted by Crippen LogP contribution is 2.32. The fraction of sp³-hybridized carbons (Fsp3) is 0.267. The second kappa shape index (κ2) is 5.99. The zero-order chi connectivity index (χ0) is 13.9. The maximum Gasteiger partial charge on any atom is 0.265 e. The van der Waals surface area contributed by atoms with Crippen LogP contribution in [0.2, 0.25) is 0 Å². The van der Waals surface area contributed by atoms with Crippen molar-refractivity contribution in [3.8, 4) is 0 Å². The molecule has 1 aliphatic rings. The van der Waals surface area contributed by atoms with Crippen molar-refractivity contribution in [2.24, 2.45) is 5.73 Å². The van der Waals surface area contributed by atoms with Crippen molar-refractivity contribution < 1.29 is 4.79 Å². The number of hydrogen-bond donors (Lipinski definition) is 2. The second-order valence-electron chi connectivity index (χ2n) is 4.68. The minimum Gasteiger partial charge on any atom is -0.326 e. The van der Waals surface area contributed by atoms with E-state index in [4.69, 9.17) is 5.73 Å². The van der Waals surface area contributed by atoms with Crippen LogP contribution in [0.5, 0.6) is 0 Å². The minimum atomic E-state index is -0.0321. The summed E-state index contributed by atoms with van der Waals surface area (Å²) in [5, 5.41) is 2.97. The number of fused-ring (bicyclic) bond motifs is 1. The van der Waals surface area contributed by atoms with E-state index in [0.717, 1.165) is 34.1 Å². The fourth-order valence-electron chi connectivity index (χ4n) is 2.26. The van der Waals surface area contributed by atoms with Crippen LogP contribution in [0.25, 0.3) is 0 Å². The van der Waals surface area contributed by atoms with E-state index in [0.29, 0.717) is 6.54 Å². The molecule has 5 heteroatoms. The Bertz CT molecular complexity index is 613. The molecule has 2 aromatic rings. The van der Waals surface area contributed by atoms with Crippen molar-refractivity contribution in [2.75, 3.05) is 11.1 Å². The first kappa shape index (κ1) is 13.7. The van der Waals surface area contributed by atoms with Gasteiger partial charge in [-0.15, -0.1) is 11.3 Å². The highest BCUT2D eigenvalue weighted by molar-refractivity contribution is 7.98. The molecule has 20 heavy (non-hydrogen) atoms. The van der Waals surface area contributed by atoms with Gasteiger partial charge in [-0.05, 0) is 35.4 Å². The van der Waals surface area contributed by atoms with E-state index >= 15 is 0 Å². The molecule has 0 aliphatic carbocycles. The van der Waals surface area contributed by atoms with Crippen molar-refractivity contribution >= 4 is 34.7 Å². The summed E-state index contributed by atoms with van der Waals surface area (Å²) in [5.74, 6) is 2.15. The van der Waals surface area contributed by atoms with Crippen LogP contribution in [-0.4, -0.2) is 11.7 Å². The summed E-state index contributed by atoms with van der Waals surface area (Å²) >= 11 is 3.55. The maximum atomic E-state index is 12.4. The molecule has 0 radical (unpaired) electrons. The van der Waals surface area contributed by atoms with Crippen LogP contribution in [0.1, 0.15) is 25.7 Å². The van der Waals surface area contributed by atoms with Crippen LogP contribution in [0.4, 0.5) is 5.69 Å². The lowest BCUT2D eigenvalue weighted by Crippen LogP contribution is -2.13. The number of nitrogens with one attached hydrogen (secondary N) is 1. The lowest BCUT2D eigenvalue weighted by atomic mass is 10.1. The molecule has 3 rings (SSSR count). The third kappa shape index (κ3) is 2.75. The normalized spacial score (nSPS) is 13.8. The number of hydrogen-bond acceptors (Lipinski definition) is 4. The minimum absolute atomic E-state index is 0.0321. The summed E-state index contributed by atoms with van der Waals surface area (Å²) in [5.41, 5.74) is 8.78. The smallest absolute Gasteiger partial charge is 0.265 e. The number of thiophene rings is 1. The third-order valence-electron chi connectivity index (χ3n) is 3.34. The number of carbonyl (C=O) groups excluding carboxylic acids is 1. The van der Waals surface area contributed by atoms with E-state index in [9.17, 15) is 4.79 Å². The summed E-state index contributed by atoms with van der Waals surface area (Å²) in [6, 6.07) is 9.70. The van der Waals surface area contributed by atoms with E-state index in [-0.39, 0.29) is 5.91 Å². The number of thioether (sulfide) groups is 1. The van der Waals surface area contributed by atoms with Crippen molar-refractivity contribution in [3.05, 3.63) is 51.2 Å². The topological polar surface area (TPSA) is 55.1 Å². The predicted octanol–water partition coefficient (Wildman–Crippen LogP) is 3.25. The molecule has 1 aromatic heterocycles. The molecule has 1 aromatic carbocycles. The fourth-order valence-corrected chi connectivity index (χ4v) is 4.53. The molecule has 0 atom stereocenters. The molecule has 1 amide bonds. The number of anilines is 1. The van der Waals surface area contributed by atoms with Gasteiger partial charge in [-0.1, -0.05) is 18.2 Å². The molecule has 0 fully saturated rings. The van der Waals surface area contributed by atoms with E-state index < -0.39 is 0 Å². The van der Waals surface area contributed by atoms with Crippen LogP contribution < -0.4 is 11.1 Å². The number of nitrogens with two attached hydrogens (primary N) is 1. The van der Waals surface area contributed by atoms with Gasteiger partial charge in [0.25, 0.3) is 5.91 Å². The van der Waals surface area contributed by atoms with Crippen molar-refractivity contribution in [3.63, 3.8) is 0 Å². The average Bonchev–Trinajstić information content (AvgIpc) is 2.92. The molecule has 2 heterocycles. The van der Waals surface area contributed by atoms with Crippen LogP contribution >= 0.6 is 23.1 Å². The zero-order valence-corrected chi connectivity index (χ0v) is 12.7. The Labute approximate surface area is 126 Å². The van der Waals surface area contributed by atoms with E-state index in [1.54, 1.807) is 11.3 Å². The summed E-state index contributed by atoms with van der Waals surface area (Å²) in [6.45, 7) is 0.425. The monoisotopic (exact) mass is 304 g/mol. The summed E-state index contributed by atoms with van der Waals surface area (Å²) in [6.07, 6.45) is 1.08. The number of rotatable bonds is 3. The molecule has 104 valence electrons. The van der Waals surface area contributed by atoms with Crippen LogP contribution in [0.15, 0.2) is 30.3 Å². The van der Waals surface area contributed by atoms with Gasteiger partial charge in [-0.25, -0.2) is 0 Å². The van der Waals surface area contributed by atoms with Gasteiger partial charge in [-0.3, -0.25) is 4.79 Å². The van der Waals surface area contributed by atoms with E-state index in [2.05, 4.69) is 5.32 Å². The zero-order valence-electron chi connectivity index (χ0n) is 11.0. The highest BCUT2D eigenvalue weighted by Gasteiger charge is 2.18. The van der Waals surface area contributed by atoms with Gasteiger partial charge in [0.15, 0.2) is 0 Å². The van der Waals surface area contributed by atoms with Crippen LogP contribution in [-0.2, 0) is 18.7 Å². The molecule has 0 bridgehead atoms.